The molecule has 2 aliphatic rings. The minimum Gasteiger partial charge on any atom is -0.392 e. The Labute approximate surface area is 214 Å². The quantitative estimate of drug-likeness (QED) is 0.566. The van der Waals surface area contributed by atoms with Crippen molar-refractivity contribution < 1.29 is 14.7 Å². The Balaban J connectivity index is 1.78. The molecular formula is C29H40N4O3. The van der Waals surface area contributed by atoms with Crippen molar-refractivity contribution in [1.82, 2.24) is 15.6 Å². The third kappa shape index (κ3) is 5.79. The van der Waals surface area contributed by atoms with Gasteiger partial charge in [-0.15, -0.1) is 0 Å². The van der Waals surface area contributed by atoms with Crippen LogP contribution in [0, 0.1) is 0 Å². The highest BCUT2D eigenvalue weighted by Crippen LogP contribution is 2.34. The molecule has 2 amide bonds. The summed E-state index contributed by atoms with van der Waals surface area (Å²) < 4.78 is 0. The van der Waals surface area contributed by atoms with Gasteiger partial charge in [-0.1, -0.05) is 58.2 Å². The lowest BCUT2D eigenvalue weighted by atomic mass is 9.87. The Morgan fingerprint density at radius 1 is 1.14 bits per heavy atom. The van der Waals surface area contributed by atoms with Crippen LogP contribution >= 0.6 is 0 Å². The molecule has 1 aliphatic heterocycles. The number of anilines is 1. The molecule has 0 radical (unpaired) electrons. The summed E-state index contributed by atoms with van der Waals surface area (Å²) in [5, 5.41) is 16.7. The molecule has 3 atom stereocenters. The number of nitrogens with zero attached hydrogens (tertiary/aromatic N) is 2. The predicted molar refractivity (Wildman–Crippen MR) is 142 cm³/mol. The lowest BCUT2D eigenvalue weighted by Crippen LogP contribution is -2.57. The van der Waals surface area contributed by atoms with Crippen molar-refractivity contribution in [2.45, 2.75) is 95.4 Å². The van der Waals surface area contributed by atoms with Crippen LogP contribution in [-0.2, 0) is 15.0 Å². The summed E-state index contributed by atoms with van der Waals surface area (Å²) in [7, 11) is 0. The zero-order valence-corrected chi connectivity index (χ0v) is 22.0. The molecule has 2 heterocycles. The summed E-state index contributed by atoms with van der Waals surface area (Å²) >= 11 is 0. The first-order chi connectivity index (χ1) is 17.1. The Morgan fingerprint density at radius 3 is 2.39 bits per heavy atom. The van der Waals surface area contributed by atoms with Crippen molar-refractivity contribution in [2.75, 3.05) is 11.4 Å². The first kappa shape index (κ1) is 26.3. The van der Waals surface area contributed by atoms with E-state index in [9.17, 15) is 14.7 Å². The number of rotatable bonds is 6. The van der Waals surface area contributed by atoms with E-state index >= 15 is 0 Å². The van der Waals surface area contributed by atoms with E-state index in [1.54, 1.807) is 30.3 Å². The highest BCUT2D eigenvalue weighted by atomic mass is 16.3. The number of benzene rings is 1. The number of aromatic nitrogens is 1. The molecular weight excluding hydrogens is 452 g/mol. The van der Waals surface area contributed by atoms with E-state index in [1.807, 2.05) is 30.3 Å². The lowest BCUT2D eigenvalue weighted by Gasteiger charge is -2.38. The standard InChI is InChI=1S/C29H40N4O3/c1-28(2,3)21-12-14-23(15-13-21)33(27(36)29(4)17-24(34)19-31-29)25(20-9-8-16-30-18-20)26(35)32-22-10-6-5-7-11-22/h8-9,12-16,18,22,24-25,31,34H,5-7,10-11,17,19H2,1-4H3,(H,32,35)/t24?,25?,29-/m1/s1. The van der Waals surface area contributed by atoms with Crippen molar-refractivity contribution in [2.24, 2.45) is 0 Å². The third-order valence-electron chi connectivity index (χ3n) is 7.53. The SMILES string of the molecule is CC(C)(C)c1ccc(N(C(=O)[C@@]2(C)CC(O)CN2)C(C(=O)NC2CCCCC2)c2cccnc2)cc1. The molecule has 2 unspecified atom stereocenters. The Kier molecular flexibility index (Phi) is 7.81. The minimum absolute atomic E-state index is 0.0441. The number of carbonyl (C=O) groups excluding carboxylic acids is 2. The fourth-order valence-electron chi connectivity index (χ4n) is 5.38. The van der Waals surface area contributed by atoms with Gasteiger partial charge in [-0.3, -0.25) is 19.5 Å². The molecule has 1 aromatic carbocycles. The zero-order chi connectivity index (χ0) is 25.9. The summed E-state index contributed by atoms with van der Waals surface area (Å²) in [6.07, 6.45) is 8.28. The summed E-state index contributed by atoms with van der Waals surface area (Å²) in [5.74, 6) is -0.444. The molecule has 7 heteroatoms. The summed E-state index contributed by atoms with van der Waals surface area (Å²) in [4.78, 5) is 34.1. The van der Waals surface area contributed by atoms with Gasteiger partial charge in [0, 0.05) is 42.7 Å². The second kappa shape index (κ2) is 10.7. The maximum Gasteiger partial charge on any atom is 0.248 e. The molecule has 36 heavy (non-hydrogen) atoms. The Hall–Kier alpha value is -2.77. The summed E-state index contributed by atoms with van der Waals surface area (Å²) in [6.45, 7) is 8.58. The van der Waals surface area contributed by atoms with Gasteiger partial charge in [-0.2, -0.15) is 0 Å². The van der Waals surface area contributed by atoms with Gasteiger partial charge in [-0.05, 0) is 48.9 Å². The molecule has 1 saturated heterocycles. The monoisotopic (exact) mass is 492 g/mol. The van der Waals surface area contributed by atoms with Crippen molar-refractivity contribution in [1.29, 1.82) is 0 Å². The third-order valence-corrected chi connectivity index (χ3v) is 7.53. The van der Waals surface area contributed by atoms with Crippen LogP contribution in [0.3, 0.4) is 0 Å². The van der Waals surface area contributed by atoms with Crippen LogP contribution < -0.4 is 15.5 Å². The van der Waals surface area contributed by atoms with Crippen LogP contribution in [0.5, 0.6) is 0 Å². The largest absolute Gasteiger partial charge is 0.392 e. The summed E-state index contributed by atoms with van der Waals surface area (Å²) in [6, 6.07) is 10.7. The number of hydrogen-bond donors (Lipinski definition) is 3. The van der Waals surface area contributed by atoms with Crippen LogP contribution in [0.1, 0.15) is 83.4 Å². The van der Waals surface area contributed by atoms with Crippen LogP contribution in [0.4, 0.5) is 5.69 Å². The van der Waals surface area contributed by atoms with Gasteiger partial charge in [0.2, 0.25) is 11.8 Å². The zero-order valence-electron chi connectivity index (χ0n) is 22.0. The highest BCUT2D eigenvalue weighted by molar-refractivity contribution is 6.05. The maximum absolute atomic E-state index is 14.3. The molecule has 0 spiro atoms. The molecule has 1 saturated carbocycles. The molecule has 4 rings (SSSR count). The van der Waals surface area contributed by atoms with Gasteiger partial charge in [0.15, 0.2) is 0 Å². The molecule has 3 N–H and O–H groups in total. The number of aliphatic hydroxyl groups excluding tert-OH is 1. The molecule has 1 aromatic heterocycles. The number of amides is 2. The van der Waals surface area contributed by atoms with E-state index in [0.29, 0.717) is 17.8 Å². The molecule has 1 aliphatic carbocycles. The van der Waals surface area contributed by atoms with Crippen molar-refractivity contribution >= 4 is 17.5 Å². The van der Waals surface area contributed by atoms with E-state index in [1.165, 1.54) is 6.42 Å². The van der Waals surface area contributed by atoms with E-state index in [-0.39, 0.29) is 29.7 Å². The Bertz CT molecular complexity index is 1040. The second-order valence-electron chi connectivity index (χ2n) is 11.6. The van der Waals surface area contributed by atoms with Crippen molar-refractivity contribution in [3.8, 4) is 0 Å². The van der Waals surface area contributed by atoms with Gasteiger partial charge >= 0.3 is 0 Å². The number of β-amino-alcohol motifs (C(OH)–C–C–N with tert-alkyl or cyclic N) is 1. The number of pyridine rings is 1. The molecule has 0 bridgehead atoms. The van der Waals surface area contributed by atoms with Crippen LogP contribution in [0.2, 0.25) is 0 Å². The van der Waals surface area contributed by atoms with E-state index < -0.39 is 17.7 Å². The first-order valence-electron chi connectivity index (χ1n) is 13.2. The fourth-order valence-corrected chi connectivity index (χ4v) is 5.38. The molecule has 7 nitrogen and oxygen atoms in total. The van der Waals surface area contributed by atoms with E-state index in [0.717, 1.165) is 31.2 Å². The minimum atomic E-state index is -0.992. The average Bonchev–Trinajstić information content (AvgIpc) is 3.22. The number of carbonyl (C=O) groups is 2. The summed E-state index contributed by atoms with van der Waals surface area (Å²) in [5.41, 5.74) is 1.40. The smallest absolute Gasteiger partial charge is 0.248 e. The van der Waals surface area contributed by atoms with Crippen LogP contribution in [0.15, 0.2) is 48.8 Å². The average molecular weight is 493 g/mol. The van der Waals surface area contributed by atoms with Gasteiger partial charge in [0.1, 0.15) is 6.04 Å². The van der Waals surface area contributed by atoms with Gasteiger partial charge in [0.05, 0.1) is 11.6 Å². The molecule has 2 fully saturated rings. The van der Waals surface area contributed by atoms with Gasteiger partial charge in [-0.25, -0.2) is 0 Å². The highest BCUT2D eigenvalue weighted by Gasteiger charge is 2.46. The van der Waals surface area contributed by atoms with E-state index in [2.05, 4.69) is 36.4 Å². The van der Waals surface area contributed by atoms with Gasteiger partial charge < -0.3 is 15.7 Å². The predicted octanol–water partition coefficient (Wildman–Crippen LogP) is 4.02. The number of aliphatic hydroxyl groups is 1. The maximum atomic E-state index is 14.3. The van der Waals surface area contributed by atoms with Gasteiger partial charge in [0.25, 0.3) is 0 Å². The lowest BCUT2D eigenvalue weighted by molar-refractivity contribution is -0.129. The molecule has 2 aromatic rings. The topological polar surface area (TPSA) is 94.6 Å². The van der Waals surface area contributed by atoms with Crippen LogP contribution in [-0.4, -0.2) is 46.1 Å². The van der Waals surface area contributed by atoms with Crippen LogP contribution in [0.25, 0.3) is 0 Å². The van der Waals surface area contributed by atoms with Crippen molar-refractivity contribution in [3.05, 3.63) is 59.9 Å². The number of hydrogen-bond acceptors (Lipinski definition) is 5. The normalized spacial score (nSPS) is 23.8. The fraction of sp³-hybridized carbons (Fsp3) is 0.552. The molecule has 194 valence electrons. The van der Waals surface area contributed by atoms with Crippen molar-refractivity contribution in [3.63, 3.8) is 0 Å². The first-order valence-corrected chi connectivity index (χ1v) is 13.2. The Morgan fingerprint density at radius 2 is 1.83 bits per heavy atom. The second-order valence-corrected chi connectivity index (χ2v) is 11.6. The van der Waals surface area contributed by atoms with E-state index in [4.69, 9.17) is 0 Å². The number of nitrogens with one attached hydrogen (secondary N) is 2.